The van der Waals surface area contributed by atoms with Crippen LogP contribution in [0.5, 0.6) is 0 Å². The fourth-order valence-electron chi connectivity index (χ4n) is 1.98. The van der Waals surface area contributed by atoms with Crippen LogP contribution < -0.4 is 5.32 Å². The summed E-state index contributed by atoms with van der Waals surface area (Å²) in [6.45, 7) is 3.54. The van der Waals surface area contributed by atoms with Gasteiger partial charge < -0.3 is 10.4 Å². The van der Waals surface area contributed by atoms with Gasteiger partial charge in [0.25, 0.3) is 0 Å². The number of hydrogen-bond acceptors (Lipinski definition) is 6. The summed E-state index contributed by atoms with van der Waals surface area (Å²) in [5.74, 6) is 0.665. The van der Waals surface area contributed by atoms with Gasteiger partial charge in [0.1, 0.15) is 11.6 Å². The van der Waals surface area contributed by atoms with E-state index in [1.807, 2.05) is 12.3 Å². The summed E-state index contributed by atoms with van der Waals surface area (Å²) in [4.78, 5) is 13.2. The van der Waals surface area contributed by atoms with E-state index in [2.05, 4.69) is 20.3 Å². The number of aromatic nitrogens is 3. The first kappa shape index (κ1) is 15.5. The fourth-order valence-corrected chi connectivity index (χ4v) is 2.71. The predicted molar refractivity (Wildman–Crippen MR) is 88.2 cm³/mol. The van der Waals surface area contributed by atoms with Gasteiger partial charge in [0.15, 0.2) is 10.8 Å². The molecule has 0 radical (unpaired) electrons. The Bertz CT molecular complexity index is 817. The highest BCUT2D eigenvalue weighted by molar-refractivity contribution is 7.13. The van der Waals surface area contributed by atoms with Crippen LogP contribution in [0.1, 0.15) is 24.4 Å². The Balaban J connectivity index is 1.98. The molecule has 0 aliphatic rings. The van der Waals surface area contributed by atoms with Crippen LogP contribution in [0.15, 0.2) is 35.7 Å². The number of aliphatic hydroxyl groups is 1. The maximum Gasteiger partial charge on any atom is 0.191 e. The highest BCUT2D eigenvalue weighted by Crippen LogP contribution is 2.25. The Morgan fingerprint density at radius 2 is 1.91 bits per heavy atom. The minimum atomic E-state index is -0.730. The van der Waals surface area contributed by atoms with Gasteiger partial charge in [-0.25, -0.2) is 19.3 Å². The number of aliphatic hydroxyl groups excluding tert-OH is 1. The monoisotopic (exact) mass is 330 g/mol. The first-order valence-electron chi connectivity index (χ1n) is 7.03. The second kappa shape index (κ2) is 6.39. The van der Waals surface area contributed by atoms with Crippen molar-refractivity contribution in [1.82, 2.24) is 15.0 Å². The van der Waals surface area contributed by atoms with Crippen LogP contribution in [0.4, 0.5) is 15.9 Å². The van der Waals surface area contributed by atoms with Crippen LogP contribution in [0, 0.1) is 12.7 Å². The minimum absolute atomic E-state index is 0.304. The molecule has 3 rings (SSSR count). The zero-order valence-electron chi connectivity index (χ0n) is 12.6. The van der Waals surface area contributed by atoms with E-state index in [-0.39, 0.29) is 5.82 Å². The van der Waals surface area contributed by atoms with Crippen molar-refractivity contribution in [1.29, 1.82) is 0 Å². The van der Waals surface area contributed by atoms with E-state index in [1.54, 1.807) is 25.1 Å². The van der Waals surface area contributed by atoms with Crippen LogP contribution in [0.2, 0.25) is 0 Å². The van der Waals surface area contributed by atoms with Gasteiger partial charge in [-0.2, -0.15) is 0 Å². The molecule has 0 spiro atoms. The molecule has 0 saturated carbocycles. The van der Waals surface area contributed by atoms with E-state index in [0.29, 0.717) is 28.0 Å². The Morgan fingerprint density at radius 3 is 2.52 bits per heavy atom. The lowest BCUT2D eigenvalue weighted by Crippen LogP contribution is -2.03. The Hall–Kier alpha value is -2.38. The number of thiazole rings is 1. The zero-order valence-corrected chi connectivity index (χ0v) is 13.4. The van der Waals surface area contributed by atoms with Crippen LogP contribution >= 0.6 is 11.3 Å². The van der Waals surface area contributed by atoms with E-state index >= 15 is 0 Å². The standard InChI is InChI=1S/C16H15FN4OS/c1-9-8-23-16(18-9)15-20-13(10(2)22)7-14(21-15)19-12-5-3-11(17)4-6-12/h3-8,10,22H,1-2H3,(H,19,20,21). The highest BCUT2D eigenvalue weighted by atomic mass is 32.1. The molecule has 0 aliphatic carbocycles. The zero-order chi connectivity index (χ0) is 16.4. The molecule has 3 aromatic rings. The number of rotatable bonds is 4. The molecule has 0 amide bonds. The Kier molecular flexibility index (Phi) is 4.31. The third-order valence-electron chi connectivity index (χ3n) is 3.10. The summed E-state index contributed by atoms with van der Waals surface area (Å²) in [5, 5.41) is 15.5. The first-order valence-corrected chi connectivity index (χ1v) is 7.91. The van der Waals surface area contributed by atoms with Crippen molar-refractivity contribution in [2.75, 3.05) is 5.32 Å². The van der Waals surface area contributed by atoms with E-state index in [1.165, 1.54) is 23.5 Å². The molecular formula is C16H15FN4OS. The van der Waals surface area contributed by atoms with Crippen molar-refractivity contribution in [3.05, 3.63) is 52.9 Å². The number of hydrogen-bond donors (Lipinski definition) is 2. The average Bonchev–Trinajstić information content (AvgIpc) is 2.96. The number of aryl methyl sites for hydroxylation is 1. The van der Waals surface area contributed by atoms with Gasteiger partial charge in [-0.05, 0) is 38.1 Å². The van der Waals surface area contributed by atoms with Crippen molar-refractivity contribution in [2.24, 2.45) is 0 Å². The van der Waals surface area contributed by atoms with Crippen LogP contribution in [-0.2, 0) is 0 Å². The van der Waals surface area contributed by atoms with Crippen LogP contribution in [0.3, 0.4) is 0 Å². The molecule has 1 aromatic carbocycles. The first-order chi connectivity index (χ1) is 11.0. The SMILES string of the molecule is Cc1csc(-c2nc(Nc3ccc(F)cc3)cc(C(C)O)n2)n1. The number of nitrogens with zero attached hydrogens (tertiary/aromatic N) is 3. The summed E-state index contributed by atoms with van der Waals surface area (Å²) >= 11 is 1.44. The molecular weight excluding hydrogens is 315 g/mol. The molecule has 0 saturated heterocycles. The van der Waals surface area contributed by atoms with Crippen LogP contribution in [-0.4, -0.2) is 20.1 Å². The van der Waals surface area contributed by atoms with Gasteiger partial charge in [-0.15, -0.1) is 11.3 Å². The van der Waals surface area contributed by atoms with E-state index < -0.39 is 6.10 Å². The Labute approximate surface area is 136 Å². The molecule has 118 valence electrons. The third-order valence-corrected chi connectivity index (χ3v) is 4.06. The molecule has 7 heteroatoms. The summed E-state index contributed by atoms with van der Waals surface area (Å²) < 4.78 is 13.0. The van der Waals surface area contributed by atoms with E-state index in [4.69, 9.17) is 0 Å². The van der Waals surface area contributed by atoms with Gasteiger partial charge >= 0.3 is 0 Å². The number of anilines is 2. The van der Waals surface area contributed by atoms with Gasteiger partial charge in [0.05, 0.1) is 11.8 Å². The topological polar surface area (TPSA) is 70.9 Å². The second-order valence-corrected chi connectivity index (χ2v) is 5.96. The maximum absolute atomic E-state index is 13.0. The lowest BCUT2D eigenvalue weighted by Gasteiger charge is -2.10. The van der Waals surface area contributed by atoms with E-state index in [0.717, 1.165) is 5.69 Å². The number of nitrogens with one attached hydrogen (secondary N) is 1. The predicted octanol–water partition coefficient (Wildman–Crippen LogP) is 3.84. The van der Waals surface area contributed by atoms with Crippen molar-refractivity contribution < 1.29 is 9.50 Å². The lowest BCUT2D eigenvalue weighted by molar-refractivity contribution is 0.194. The molecule has 1 atom stereocenters. The Morgan fingerprint density at radius 1 is 1.17 bits per heavy atom. The van der Waals surface area contributed by atoms with Gasteiger partial charge in [0.2, 0.25) is 0 Å². The van der Waals surface area contributed by atoms with Gasteiger partial charge in [-0.1, -0.05) is 0 Å². The summed E-state index contributed by atoms with van der Waals surface area (Å²) in [5.41, 5.74) is 2.08. The van der Waals surface area contributed by atoms with Crippen molar-refractivity contribution in [3.8, 4) is 10.8 Å². The molecule has 2 heterocycles. The van der Waals surface area contributed by atoms with Gasteiger partial charge in [-0.3, -0.25) is 0 Å². The minimum Gasteiger partial charge on any atom is -0.387 e. The normalized spacial score (nSPS) is 12.2. The number of benzene rings is 1. The number of halogens is 1. The summed E-state index contributed by atoms with van der Waals surface area (Å²) in [6, 6.07) is 7.63. The van der Waals surface area contributed by atoms with Crippen LogP contribution in [0.25, 0.3) is 10.8 Å². The highest BCUT2D eigenvalue weighted by Gasteiger charge is 2.13. The lowest BCUT2D eigenvalue weighted by atomic mass is 10.2. The second-order valence-electron chi connectivity index (χ2n) is 5.10. The largest absolute Gasteiger partial charge is 0.387 e. The van der Waals surface area contributed by atoms with Gasteiger partial charge in [0, 0.05) is 22.8 Å². The molecule has 0 bridgehead atoms. The molecule has 0 fully saturated rings. The summed E-state index contributed by atoms with van der Waals surface area (Å²) in [6.07, 6.45) is -0.730. The fraction of sp³-hybridized carbons (Fsp3) is 0.188. The van der Waals surface area contributed by atoms with E-state index in [9.17, 15) is 9.50 Å². The molecule has 5 nitrogen and oxygen atoms in total. The van der Waals surface area contributed by atoms with Crippen molar-refractivity contribution in [2.45, 2.75) is 20.0 Å². The molecule has 1 unspecified atom stereocenters. The molecule has 2 N–H and O–H groups in total. The molecule has 23 heavy (non-hydrogen) atoms. The average molecular weight is 330 g/mol. The summed E-state index contributed by atoms with van der Waals surface area (Å²) in [7, 11) is 0. The maximum atomic E-state index is 13.0. The third kappa shape index (κ3) is 3.69. The van der Waals surface area contributed by atoms with Crippen molar-refractivity contribution >= 4 is 22.8 Å². The molecule has 2 aromatic heterocycles. The quantitative estimate of drug-likeness (QED) is 0.760. The van der Waals surface area contributed by atoms with Crippen molar-refractivity contribution in [3.63, 3.8) is 0 Å². The molecule has 0 aliphatic heterocycles. The smallest absolute Gasteiger partial charge is 0.191 e.